The molecule has 1 atom stereocenters. The summed E-state index contributed by atoms with van der Waals surface area (Å²) in [5, 5.41) is 14.7. The first-order valence-electron chi connectivity index (χ1n) is 9.36. The third-order valence-corrected chi connectivity index (χ3v) is 4.31. The van der Waals surface area contributed by atoms with E-state index in [1.54, 1.807) is 48.5 Å². The van der Waals surface area contributed by atoms with Crippen LogP contribution in [-0.2, 0) is 16.0 Å². The zero-order valence-electron chi connectivity index (χ0n) is 16.8. The quantitative estimate of drug-likeness (QED) is 0.602. The maximum atomic E-state index is 12.7. The molecule has 0 saturated carbocycles. The molecule has 2 amide bonds. The Morgan fingerprint density at radius 1 is 1.03 bits per heavy atom. The molecule has 2 aromatic carbocycles. The van der Waals surface area contributed by atoms with Crippen LogP contribution >= 0.6 is 0 Å². The minimum atomic E-state index is -1.06. The van der Waals surface area contributed by atoms with Crippen LogP contribution in [0.2, 0.25) is 0 Å². The number of carboxylic acids is 1. The van der Waals surface area contributed by atoms with Crippen LogP contribution < -0.4 is 15.4 Å². The molecule has 0 heterocycles. The van der Waals surface area contributed by atoms with Crippen molar-refractivity contribution in [3.63, 3.8) is 0 Å². The highest BCUT2D eigenvalue weighted by molar-refractivity contribution is 6.06. The van der Waals surface area contributed by atoms with Gasteiger partial charge in [-0.15, -0.1) is 0 Å². The van der Waals surface area contributed by atoms with Crippen LogP contribution in [0.15, 0.2) is 48.5 Å². The zero-order valence-corrected chi connectivity index (χ0v) is 16.8. The van der Waals surface area contributed by atoms with Crippen LogP contribution in [0.5, 0.6) is 5.75 Å². The number of aliphatic carboxylic acids is 1. The highest BCUT2D eigenvalue weighted by Crippen LogP contribution is 2.21. The third kappa shape index (κ3) is 6.34. The zero-order chi connectivity index (χ0) is 21.4. The van der Waals surface area contributed by atoms with Crippen LogP contribution in [0.1, 0.15) is 36.2 Å². The number of carboxylic acid groups (broad SMARTS) is 1. The van der Waals surface area contributed by atoms with E-state index in [0.29, 0.717) is 29.0 Å². The summed E-state index contributed by atoms with van der Waals surface area (Å²) >= 11 is 0. The van der Waals surface area contributed by atoms with Crippen LogP contribution in [0.25, 0.3) is 0 Å². The lowest BCUT2D eigenvalue weighted by Gasteiger charge is -2.17. The Labute approximate surface area is 170 Å². The summed E-state index contributed by atoms with van der Waals surface area (Å²) in [6.45, 7) is 3.79. The highest BCUT2D eigenvalue weighted by atomic mass is 16.5. The van der Waals surface area contributed by atoms with Gasteiger partial charge in [0.15, 0.2) is 0 Å². The molecule has 0 fully saturated rings. The molecule has 0 aromatic heterocycles. The molecular weight excluding hydrogens is 372 g/mol. The highest BCUT2D eigenvalue weighted by Gasteiger charge is 2.22. The second-order valence-corrected chi connectivity index (χ2v) is 7.08. The normalized spacial score (nSPS) is 11.6. The van der Waals surface area contributed by atoms with Gasteiger partial charge in [0.1, 0.15) is 11.8 Å². The Kier molecular flexibility index (Phi) is 7.77. The summed E-state index contributed by atoms with van der Waals surface area (Å²) in [4.78, 5) is 36.4. The van der Waals surface area contributed by atoms with E-state index in [4.69, 9.17) is 4.74 Å². The smallest absolute Gasteiger partial charge is 0.326 e. The average Bonchev–Trinajstić information content (AvgIpc) is 2.68. The van der Waals surface area contributed by atoms with Crippen molar-refractivity contribution in [1.82, 2.24) is 5.32 Å². The summed E-state index contributed by atoms with van der Waals surface area (Å²) in [5.74, 6) is -1.28. The van der Waals surface area contributed by atoms with Gasteiger partial charge in [-0.2, -0.15) is 0 Å². The Hall–Kier alpha value is -3.35. The second kappa shape index (κ2) is 10.3. The number of methoxy groups -OCH3 is 1. The van der Waals surface area contributed by atoms with E-state index in [0.717, 1.165) is 0 Å². The van der Waals surface area contributed by atoms with Crippen molar-refractivity contribution >= 4 is 23.5 Å². The largest absolute Gasteiger partial charge is 0.496 e. The van der Waals surface area contributed by atoms with Crippen LogP contribution in [0.4, 0.5) is 5.69 Å². The molecule has 0 bridgehead atoms. The summed E-state index contributed by atoms with van der Waals surface area (Å²) in [6, 6.07) is 12.8. The number of carbonyl (C=O) groups excluding carboxylic acids is 2. The number of rotatable bonds is 9. The summed E-state index contributed by atoms with van der Waals surface area (Å²) < 4.78 is 5.22. The molecule has 0 radical (unpaired) electrons. The van der Waals surface area contributed by atoms with Gasteiger partial charge in [0, 0.05) is 5.69 Å². The lowest BCUT2D eigenvalue weighted by molar-refractivity contribution is -0.142. The van der Waals surface area contributed by atoms with Crippen LogP contribution in [0, 0.1) is 5.92 Å². The van der Waals surface area contributed by atoms with Crippen molar-refractivity contribution in [3.05, 3.63) is 59.7 Å². The molecule has 0 saturated heterocycles. The van der Waals surface area contributed by atoms with E-state index >= 15 is 0 Å². The fraction of sp³-hybridized carbons (Fsp3) is 0.318. The number of para-hydroxylation sites is 2. The van der Waals surface area contributed by atoms with Crippen molar-refractivity contribution < 1.29 is 24.2 Å². The van der Waals surface area contributed by atoms with Crippen molar-refractivity contribution in [3.8, 4) is 5.75 Å². The molecule has 2 rings (SSSR count). The number of hydrogen-bond donors (Lipinski definition) is 3. The molecule has 7 heteroatoms. The monoisotopic (exact) mass is 398 g/mol. The Bertz CT molecular complexity index is 879. The second-order valence-electron chi connectivity index (χ2n) is 7.08. The Balaban J connectivity index is 2.13. The predicted molar refractivity (Wildman–Crippen MR) is 110 cm³/mol. The van der Waals surface area contributed by atoms with Gasteiger partial charge < -0.3 is 20.5 Å². The van der Waals surface area contributed by atoms with E-state index in [1.165, 1.54) is 7.11 Å². The molecule has 7 nitrogen and oxygen atoms in total. The number of benzene rings is 2. The minimum Gasteiger partial charge on any atom is -0.496 e. The maximum Gasteiger partial charge on any atom is 0.326 e. The minimum absolute atomic E-state index is 0.0513. The summed E-state index contributed by atoms with van der Waals surface area (Å²) in [5.41, 5.74) is 1.44. The molecule has 0 spiro atoms. The molecule has 29 heavy (non-hydrogen) atoms. The van der Waals surface area contributed by atoms with Crippen molar-refractivity contribution in [1.29, 1.82) is 0 Å². The molecule has 3 N–H and O–H groups in total. The van der Waals surface area contributed by atoms with Gasteiger partial charge >= 0.3 is 5.97 Å². The predicted octanol–water partition coefficient (Wildman–Crippen LogP) is 3.11. The summed E-state index contributed by atoms with van der Waals surface area (Å²) in [7, 11) is 1.49. The summed E-state index contributed by atoms with van der Waals surface area (Å²) in [6.07, 6.45) is 0.289. The molecule has 0 aliphatic rings. The van der Waals surface area contributed by atoms with Crippen molar-refractivity contribution in [2.45, 2.75) is 32.7 Å². The maximum absolute atomic E-state index is 12.7. The van der Waals surface area contributed by atoms with Crippen LogP contribution in [0.3, 0.4) is 0 Å². The topological polar surface area (TPSA) is 105 Å². The Morgan fingerprint density at radius 3 is 2.34 bits per heavy atom. The van der Waals surface area contributed by atoms with Gasteiger partial charge in [0.05, 0.1) is 19.1 Å². The molecule has 154 valence electrons. The van der Waals surface area contributed by atoms with E-state index in [1.807, 2.05) is 13.8 Å². The SMILES string of the molecule is COc1ccccc1C(=O)Nc1ccccc1CC(=O)NC(CC(C)C)C(=O)O. The molecule has 0 aliphatic heterocycles. The van der Waals surface area contributed by atoms with E-state index in [-0.39, 0.29) is 18.2 Å². The van der Waals surface area contributed by atoms with Gasteiger partial charge in [0.2, 0.25) is 5.91 Å². The Morgan fingerprint density at radius 2 is 1.69 bits per heavy atom. The number of amides is 2. The lowest BCUT2D eigenvalue weighted by Crippen LogP contribution is -2.42. The van der Waals surface area contributed by atoms with Gasteiger partial charge in [-0.25, -0.2) is 4.79 Å². The van der Waals surface area contributed by atoms with Gasteiger partial charge in [-0.3, -0.25) is 9.59 Å². The molecule has 2 aromatic rings. The number of carbonyl (C=O) groups is 3. The fourth-order valence-corrected chi connectivity index (χ4v) is 2.93. The first-order valence-corrected chi connectivity index (χ1v) is 9.36. The van der Waals surface area contributed by atoms with Crippen molar-refractivity contribution in [2.24, 2.45) is 5.92 Å². The molecule has 1 unspecified atom stereocenters. The van der Waals surface area contributed by atoms with E-state index in [2.05, 4.69) is 10.6 Å². The first kappa shape index (κ1) is 21.9. The van der Waals surface area contributed by atoms with Crippen LogP contribution in [-0.4, -0.2) is 36.0 Å². The number of ether oxygens (including phenoxy) is 1. The van der Waals surface area contributed by atoms with E-state index < -0.39 is 17.9 Å². The third-order valence-electron chi connectivity index (χ3n) is 4.31. The van der Waals surface area contributed by atoms with Gasteiger partial charge in [-0.05, 0) is 36.1 Å². The average molecular weight is 398 g/mol. The number of nitrogens with one attached hydrogen (secondary N) is 2. The standard InChI is InChI=1S/C22H26N2O5/c1-14(2)12-18(22(27)28)23-20(25)13-15-8-4-6-10-17(15)24-21(26)16-9-5-7-11-19(16)29-3/h4-11,14,18H,12-13H2,1-3H3,(H,23,25)(H,24,26)(H,27,28). The first-order chi connectivity index (χ1) is 13.8. The fourth-order valence-electron chi connectivity index (χ4n) is 2.93. The number of anilines is 1. The molecule has 0 aliphatic carbocycles. The number of hydrogen-bond acceptors (Lipinski definition) is 4. The molecular formula is C22H26N2O5. The van der Waals surface area contributed by atoms with Gasteiger partial charge in [-0.1, -0.05) is 44.2 Å². The van der Waals surface area contributed by atoms with E-state index in [9.17, 15) is 19.5 Å². The lowest BCUT2D eigenvalue weighted by atomic mass is 10.0. The van der Waals surface area contributed by atoms with Crippen molar-refractivity contribution in [2.75, 3.05) is 12.4 Å². The van der Waals surface area contributed by atoms with Gasteiger partial charge in [0.25, 0.3) is 5.91 Å².